The number of hydrogen-bond donors (Lipinski definition) is 0. The summed E-state index contributed by atoms with van der Waals surface area (Å²) in [5.41, 5.74) is 0.261. The highest BCUT2D eigenvalue weighted by Crippen LogP contribution is 2.27. The fourth-order valence-electron chi connectivity index (χ4n) is 1.11. The molecule has 0 aliphatic carbocycles. The molecule has 0 spiro atoms. The Hall–Kier alpha value is -1.91. The number of alkyl halides is 2. The van der Waals surface area contributed by atoms with Gasteiger partial charge in [-0.1, -0.05) is 18.2 Å². The van der Waals surface area contributed by atoms with Crippen LogP contribution in [0, 0.1) is 4.91 Å². The van der Waals surface area contributed by atoms with Gasteiger partial charge in [0.15, 0.2) is 0 Å². The largest absolute Gasteiger partial charge is 0.309 e. The normalized spacial score (nSPS) is 11.7. The van der Waals surface area contributed by atoms with Crippen LogP contribution >= 0.6 is 0 Å². The second kappa shape index (κ2) is 4.74. The first kappa shape index (κ1) is 12.2. The topological polar surface area (TPSA) is 46.5 Å². The molecule has 84 valence electrons. The van der Waals surface area contributed by atoms with Crippen LogP contribution in [0.15, 0.2) is 35.5 Å². The molecule has 0 fully saturated rings. The van der Waals surface area contributed by atoms with Gasteiger partial charge in [0.25, 0.3) is 5.92 Å². The van der Waals surface area contributed by atoms with Gasteiger partial charge in [-0.2, -0.15) is 0 Å². The molecule has 0 saturated carbocycles. The number of amides is 1. The Morgan fingerprint density at radius 1 is 1.44 bits per heavy atom. The second-order valence-electron chi connectivity index (χ2n) is 3.28. The minimum atomic E-state index is -2.93. The molecule has 1 aromatic rings. The smallest absolute Gasteiger partial charge is 0.264 e. The maximum absolute atomic E-state index is 12.9. The number of nitrogens with zero attached hydrogens (tertiary/aromatic N) is 1. The molecule has 0 N–H and O–H groups in total. The Morgan fingerprint density at radius 2 is 2.12 bits per heavy atom. The van der Waals surface area contributed by atoms with Gasteiger partial charge in [0.1, 0.15) is 0 Å². The van der Waals surface area contributed by atoms with Crippen LogP contribution in [0.1, 0.15) is 18.1 Å². The number of benzene rings is 1. The highest BCUT2D eigenvalue weighted by atomic mass is 19.3. The summed E-state index contributed by atoms with van der Waals surface area (Å²) in [5, 5.41) is 2.15. The maximum Gasteiger partial charge on any atom is 0.309 e. The molecule has 5 heteroatoms. The monoisotopic (exact) mass is 225 g/mol. The second-order valence-corrected chi connectivity index (χ2v) is 3.28. The molecule has 0 aliphatic rings. The quantitative estimate of drug-likeness (QED) is 0.586. The highest BCUT2D eigenvalue weighted by Gasteiger charge is 2.23. The molecule has 0 aliphatic heterocycles. The lowest BCUT2D eigenvalue weighted by atomic mass is 10.1. The highest BCUT2D eigenvalue weighted by molar-refractivity contribution is 5.92. The van der Waals surface area contributed by atoms with Gasteiger partial charge in [0.2, 0.25) is 0 Å². The third kappa shape index (κ3) is 3.34. The zero-order chi connectivity index (χ0) is 12.2. The molecule has 0 radical (unpaired) electrons. The van der Waals surface area contributed by atoms with Crippen molar-refractivity contribution in [1.82, 2.24) is 0 Å². The molecular weight excluding hydrogens is 216 g/mol. The fraction of sp³-hybridized carbons (Fsp3) is 0.182. The maximum atomic E-state index is 12.9. The summed E-state index contributed by atoms with van der Waals surface area (Å²) in [6.45, 7) is 0.786. The van der Waals surface area contributed by atoms with Crippen molar-refractivity contribution in [2.75, 3.05) is 0 Å². The van der Waals surface area contributed by atoms with Gasteiger partial charge in [0, 0.05) is 23.7 Å². The van der Waals surface area contributed by atoms with Crippen LogP contribution in [0.5, 0.6) is 0 Å². The van der Waals surface area contributed by atoms with E-state index in [1.54, 1.807) is 6.07 Å². The van der Waals surface area contributed by atoms with Crippen LogP contribution in [-0.4, -0.2) is 5.91 Å². The lowest BCUT2D eigenvalue weighted by molar-refractivity contribution is -0.113. The Kier molecular flexibility index (Phi) is 3.60. The number of carbonyl (C=O) groups is 1. The number of rotatable bonds is 3. The molecule has 1 amide bonds. The van der Waals surface area contributed by atoms with Crippen LogP contribution in [0.25, 0.3) is 6.08 Å². The van der Waals surface area contributed by atoms with E-state index in [0.29, 0.717) is 5.56 Å². The van der Waals surface area contributed by atoms with Crippen molar-refractivity contribution in [3.8, 4) is 0 Å². The van der Waals surface area contributed by atoms with Crippen molar-refractivity contribution in [3.63, 3.8) is 0 Å². The summed E-state index contributed by atoms with van der Waals surface area (Å²) in [5.74, 6) is -3.88. The van der Waals surface area contributed by atoms with Gasteiger partial charge in [0.05, 0.1) is 0 Å². The van der Waals surface area contributed by atoms with E-state index in [1.165, 1.54) is 24.3 Å². The van der Waals surface area contributed by atoms with E-state index in [0.717, 1.165) is 13.0 Å². The molecule has 0 unspecified atom stereocenters. The zero-order valence-electron chi connectivity index (χ0n) is 8.48. The fourth-order valence-corrected chi connectivity index (χ4v) is 1.11. The molecule has 0 heterocycles. The van der Waals surface area contributed by atoms with E-state index in [4.69, 9.17) is 0 Å². The molecule has 0 saturated heterocycles. The molecule has 1 aromatic carbocycles. The lowest BCUT2D eigenvalue weighted by Gasteiger charge is -2.10. The molecule has 3 nitrogen and oxygen atoms in total. The van der Waals surface area contributed by atoms with Crippen molar-refractivity contribution in [1.29, 1.82) is 0 Å². The van der Waals surface area contributed by atoms with E-state index in [2.05, 4.69) is 5.18 Å². The van der Waals surface area contributed by atoms with Crippen LogP contribution in [0.2, 0.25) is 0 Å². The van der Waals surface area contributed by atoms with Crippen LogP contribution in [-0.2, 0) is 10.7 Å². The van der Waals surface area contributed by atoms with Crippen molar-refractivity contribution >= 4 is 12.0 Å². The third-order valence-electron chi connectivity index (χ3n) is 1.90. The summed E-state index contributed by atoms with van der Waals surface area (Å²) in [6, 6.07) is 5.53. The minimum Gasteiger partial charge on any atom is -0.264 e. The van der Waals surface area contributed by atoms with E-state index in [-0.39, 0.29) is 5.56 Å². The number of nitroso groups, excluding NO2 is 1. The predicted octanol–water partition coefficient (Wildman–Crippen LogP) is 3.10. The minimum absolute atomic E-state index is 0.152. The third-order valence-corrected chi connectivity index (χ3v) is 1.90. The van der Waals surface area contributed by atoms with Crippen molar-refractivity contribution in [2.24, 2.45) is 5.18 Å². The van der Waals surface area contributed by atoms with Crippen LogP contribution in [0.3, 0.4) is 0 Å². The Bertz CT molecular complexity index is 436. The standard InChI is InChI=1S/C11H9F2NO2/c1-11(12,13)9-4-2-3-8(7-9)5-6-10(15)14-16/h2-7H,1H3/b6-5-. The number of halogens is 2. The van der Waals surface area contributed by atoms with E-state index in [1.807, 2.05) is 0 Å². The van der Waals surface area contributed by atoms with E-state index >= 15 is 0 Å². The summed E-state index contributed by atoms with van der Waals surface area (Å²) < 4.78 is 25.9. The zero-order valence-corrected chi connectivity index (χ0v) is 8.48. The van der Waals surface area contributed by atoms with Gasteiger partial charge in [-0.05, 0) is 17.7 Å². The van der Waals surface area contributed by atoms with Crippen LogP contribution in [0.4, 0.5) is 8.78 Å². The van der Waals surface area contributed by atoms with Crippen LogP contribution < -0.4 is 0 Å². The Labute approximate surface area is 90.8 Å². The summed E-state index contributed by atoms with van der Waals surface area (Å²) in [7, 11) is 0. The summed E-state index contributed by atoms with van der Waals surface area (Å²) in [4.78, 5) is 20.3. The molecule has 0 aromatic heterocycles. The first-order valence-corrected chi connectivity index (χ1v) is 4.47. The van der Waals surface area contributed by atoms with Gasteiger partial charge in [-0.15, -0.1) is 4.91 Å². The van der Waals surface area contributed by atoms with E-state index < -0.39 is 11.8 Å². The van der Waals surface area contributed by atoms with Crippen molar-refractivity contribution in [3.05, 3.63) is 46.4 Å². The van der Waals surface area contributed by atoms with Crippen molar-refractivity contribution < 1.29 is 13.6 Å². The number of hydrogen-bond acceptors (Lipinski definition) is 2. The average molecular weight is 225 g/mol. The predicted molar refractivity (Wildman–Crippen MR) is 55.8 cm³/mol. The van der Waals surface area contributed by atoms with Gasteiger partial charge >= 0.3 is 5.91 Å². The number of carbonyl (C=O) groups excluding carboxylic acids is 1. The SMILES string of the molecule is CC(F)(F)c1cccc(/C=C\C(=O)N=O)c1. The molecule has 0 atom stereocenters. The lowest BCUT2D eigenvalue weighted by Crippen LogP contribution is -2.06. The van der Waals surface area contributed by atoms with Gasteiger partial charge in [-0.25, -0.2) is 8.78 Å². The van der Waals surface area contributed by atoms with Gasteiger partial charge in [-0.3, -0.25) is 4.79 Å². The van der Waals surface area contributed by atoms with E-state index in [9.17, 15) is 18.5 Å². The molecule has 16 heavy (non-hydrogen) atoms. The Balaban J connectivity index is 2.96. The molecular formula is C11H9F2NO2. The van der Waals surface area contributed by atoms with Crippen molar-refractivity contribution in [2.45, 2.75) is 12.8 Å². The first-order valence-electron chi connectivity index (χ1n) is 4.47. The first-order chi connectivity index (χ1) is 7.43. The molecule has 1 rings (SSSR count). The average Bonchev–Trinajstić information content (AvgIpc) is 2.25. The molecule has 0 bridgehead atoms. The van der Waals surface area contributed by atoms with Gasteiger partial charge < -0.3 is 0 Å². The summed E-state index contributed by atoms with van der Waals surface area (Å²) in [6.07, 6.45) is 2.19. The Morgan fingerprint density at radius 3 is 2.69 bits per heavy atom. The summed E-state index contributed by atoms with van der Waals surface area (Å²) >= 11 is 0.